The molecular weight excluding hydrogens is 452 g/mol. The van der Waals surface area contributed by atoms with Gasteiger partial charge >= 0.3 is 0 Å². The van der Waals surface area contributed by atoms with Gasteiger partial charge in [0.05, 0.1) is 18.4 Å². The minimum absolute atomic E-state index is 0.0349. The average molecular weight is 479 g/mol. The minimum Gasteiger partial charge on any atom is -0.504 e. The maximum Gasteiger partial charge on any atom is 0.167 e. The number of benzene rings is 2. The first-order valence-corrected chi connectivity index (χ1v) is 11.8. The molecule has 1 aliphatic carbocycles. The number of nitrogen functional groups attached to an aromatic ring is 1. The first-order valence-electron chi connectivity index (χ1n) is 11.8. The zero-order chi connectivity index (χ0) is 24.9. The Hall–Kier alpha value is -4.43. The highest BCUT2D eigenvalue weighted by Crippen LogP contribution is 2.40. The van der Waals surface area contributed by atoms with Crippen molar-refractivity contribution in [3.63, 3.8) is 0 Å². The van der Waals surface area contributed by atoms with Crippen LogP contribution in [0.15, 0.2) is 72.9 Å². The maximum atomic E-state index is 10.7. The maximum absolute atomic E-state index is 10.7. The number of aromatic hydroxyl groups is 1. The molecule has 0 amide bonds. The third-order valence-corrected chi connectivity index (χ3v) is 7.02. The number of phenols is 1. The molecule has 2 aromatic carbocycles. The molecule has 180 valence electrons. The van der Waals surface area contributed by atoms with Crippen molar-refractivity contribution in [1.82, 2.24) is 19.5 Å². The lowest BCUT2D eigenvalue weighted by Crippen LogP contribution is -2.43. The monoisotopic (exact) mass is 478 g/mol. The van der Waals surface area contributed by atoms with Gasteiger partial charge in [0.1, 0.15) is 11.3 Å². The summed E-state index contributed by atoms with van der Waals surface area (Å²) >= 11 is 0. The van der Waals surface area contributed by atoms with Crippen molar-refractivity contribution in [3.05, 3.63) is 78.5 Å². The molecule has 0 spiro atoms. The van der Waals surface area contributed by atoms with E-state index in [0.717, 1.165) is 30.5 Å². The average Bonchev–Trinajstić information content (AvgIpc) is 3.26. The van der Waals surface area contributed by atoms with Gasteiger partial charge in [-0.05, 0) is 73.4 Å². The fourth-order valence-corrected chi connectivity index (χ4v) is 4.82. The summed E-state index contributed by atoms with van der Waals surface area (Å²) in [5, 5.41) is 10.7. The van der Waals surface area contributed by atoms with Crippen LogP contribution in [0.1, 0.15) is 24.8 Å². The van der Waals surface area contributed by atoms with E-state index in [1.54, 1.807) is 18.3 Å². The number of pyridine rings is 2. The van der Waals surface area contributed by atoms with Gasteiger partial charge < -0.3 is 21.3 Å². The van der Waals surface area contributed by atoms with Crippen LogP contribution in [0.5, 0.6) is 11.5 Å². The van der Waals surface area contributed by atoms with E-state index in [1.165, 1.54) is 7.11 Å². The second kappa shape index (κ2) is 8.35. The molecule has 8 heteroatoms. The topological polar surface area (TPSA) is 125 Å². The summed E-state index contributed by atoms with van der Waals surface area (Å²) in [6, 6.07) is 21.0. The Labute approximate surface area is 208 Å². The Kier molecular flexibility index (Phi) is 5.12. The van der Waals surface area contributed by atoms with E-state index in [9.17, 15) is 5.11 Å². The van der Waals surface area contributed by atoms with Crippen LogP contribution in [0.3, 0.4) is 0 Å². The van der Waals surface area contributed by atoms with E-state index in [4.69, 9.17) is 26.2 Å². The van der Waals surface area contributed by atoms with Crippen molar-refractivity contribution in [3.8, 4) is 39.8 Å². The largest absolute Gasteiger partial charge is 0.504 e. The molecule has 0 saturated heterocycles. The van der Waals surface area contributed by atoms with Crippen LogP contribution in [-0.4, -0.2) is 31.7 Å². The number of phenolic OH excluding ortho intramolecular Hbond substituents is 1. The minimum atomic E-state index is -0.249. The van der Waals surface area contributed by atoms with Crippen molar-refractivity contribution in [1.29, 1.82) is 0 Å². The van der Waals surface area contributed by atoms with E-state index in [1.807, 2.05) is 47.0 Å². The van der Waals surface area contributed by atoms with Crippen LogP contribution < -0.4 is 16.2 Å². The Morgan fingerprint density at radius 1 is 0.944 bits per heavy atom. The molecule has 0 bridgehead atoms. The van der Waals surface area contributed by atoms with Crippen LogP contribution in [0.2, 0.25) is 0 Å². The van der Waals surface area contributed by atoms with Crippen molar-refractivity contribution in [2.45, 2.75) is 24.8 Å². The molecular formula is C28H26N6O2. The molecule has 3 heterocycles. The summed E-state index contributed by atoms with van der Waals surface area (Å²) in [6.45, 7) is 0. The molecule has 1 saturated carbocycles. The predicted octanol–water partition coefficient (Wildman–Crippen LogP) is 4.78. The van der Waals surface area contributed by atoms with Crippen LogP contribution in [-0.2, 0) is 5.54 Å². The quantitative estimate of drug-likeness (QED) is 0.332. The SMILES string of the molecule is COc1cccc(-c2ccc3nc(-c4cccnc4N)n(-c4ccc(C5(N)CCC5)cc4)c3n2)c1O. The van der Waals surface area contributed by atoms with Crippen LogP contribution >= 0.6 is 0 Å². The van der Waals surface area contributed by atoms with E-state index in [2.05, 4.69) is 17.1 Å². The second-order valence-corrected chi connectivity index (χ2v) is 9.16. The molecule has 1 fully saturated rings. The van der Waals surface area contributed by atoms with Crippen molar-refractivity contribution in [2.24, 2.45) is 5.73 Å². The van der Waals surface area contributed by atoms with E-state index in [-0.39, 0.29) is 11.3 Å². The van der Waals surface area contributed by atoms with Gasteiger partial charge in [-0.3, -0.25) is 4.57 Å². The number of anilines is 1. The van der Waals surface area contributed by atoms with Crippen LogP contribution in [0, 0.1) is 0 Å². The van der Waals surface area contributed by atoms with Gasteiger partial charge in [0.2, 0.25) is 0 Å². The summed E-state index contributed by atoms with van der Waals surface area (Å²) in [7, 11) is 1.52. The number of aromatic nitrogens is 4. The Bertz CT molecular complexity index is 1590. The smallest absolute Gasteiger partial charge is 0.167 e. The Balaban J connectivity index is 1.57. The van der Waals surface area contributed by atoms with Crippen LogP contribution in [0.25, 0.3) is 39.5 Å². The van der Waals surface area contributed by atoms with Crippen LogP contribution in [0.4, 0.5) is 5.82 Å². The summed E-state index contributed by atoms with van der Waals surface area (Å²) in [5.74, 6) is 1.43. The molecule has 36 heavy (non-hydrogen) atoms. The van der Waals surface area contributed by atoms with Gasteiger partial charge in [0.15, 0.2) is 23.0 Å². The molecule has 3 aromatic heterocycles. The van der Waals surface area contributed by atoms with E-state index >= 15 is 0 Å². The van der Waals surface area contributed by atoms with Gasteiger partial charge in [-0.15, -0.1) is 0 Å². The first kappa shape index (κ1) is 22.1. The normalized spacial score (nSPS) is 14.5. The van der Waals surface area contributed by atoms with Crippen molar-refractivity contribution < 1.29 is 9.84 Å². The summed E-state index contributed by atoms with van der Waals surface area (Å²) < 4.78 is 7.26. The Morgan fingerprint density at radius 2 is 1.72 bits per heavy atom. The molecule has 0 radical (unpaired) electrons. The fraction of sp³-hybridized carbons (Fsp3) is 0.179. The highest BCUT2D eigenvalue weighted by Gasteiger charge is 2.34. The lowest BCUT2D eigenvalue weighted by atomic mass is 9.73. The van der Waals surface area contributed by atoms with Crippen molar-refractivity contribution in [2.75, 3.05) is 12.8 Å². The number of ether oxygens (including phenoxy) is 1. The first-order chi connectivity index (χ1) is 17.5. The standard InChI is InChI=1S/C28H26N6O2/c1-36-23-7-2-5-19(24(23)35)21-12-13-22-27(32-21)34(26(33-22)20-6-3-16-31-25(20)29)18-10-8-17(9-11-18)28(30)14-4-15-28/h2-3,5-13,16,35H,4,14-15,30H2,1H3,(H2,29,31). The Morgan fingerprint density at radius 3 is 2.42 bits per heavy atom. The van der Waals surface area contributed by atoms with Gasteiger partial charge in [-0.2, -0.15) is 0 Å². The summed E-state index contributed by atoms with van der Waals surface area (Å²) in [5.41, 5.74) is 17.8. The predicted molar refractivity (Wildman–Crippen MR) is 140 cm³/mol. The summed E-state index contributed by atoms with van der Waals surface area (Å²) in [4.78, 5) is 14.1. The third kappa shape index (κ3) is 3.46. The number of nitrogens with two attached hydrogens (primary N) is 2. The second-order valence-electron chi connectivity index (χ2n) is 9.16. The lowest BCUT2D eigenvalue weighted by Gasteiger charge is -2.38. The van der Waals surface area contributed by atoms with Gasteiger partial charge in [-0.1, -0.05) is 18.2 Å². The summed E-state index contributed by atoms with van der Waals surface area (Å²) in [6.07, 6.45) is 4.79. The number of para-hydroxylation sites is 1. The molecule has 0 aliphatic heterocycles. The number of hydrogen-bond acceptors (Lipinski definition) is 7. The third-order valence-electron chi connectivity index (χ3n) is 7.02. The number of rotatable bonds is 5. The molecule has 8 nitrogen and oxygen atoms in total. The number of methoxy groups -OCH3 is 1. The van der Waals surface area contributed by atoms with Gasteiger partial charge in [0.25, 0.3) is 0 Å². The highest BCUT2D eigenvalue weighted by molar-refractivity contribution is 5.85. The van der Waals surface area contributed by atoms with Crippen molar-refractivity contribution >= 4 is 17.0 Å². The molecule has 1 aliphatic rings. The highest BCUT2D eigenvalue weighted by atomic mass is 16.5. The molecule has 6 rings (SSSR count). The lowest BCUT2D eigenvalue weighted by molar-refractivity contribution is 0.253. The van der Waals surface area contributed by atoms with E-state index < -0.39 is 0 Å². The molecule has 5 N–H and O–H groups in total. The zero-order valence-electron chi connectivity index (χ0n) is 19.8. The number of hydrogen-bond donors (Lipinski definition) is 3. The fourth-order valence-electron chi connectivity index (χ4n) is 4.82. The van der Waals surface area contributed by atoms with E-state index in [0.29, 0.717) is 45.4 Å². The van der Waals surface area contributed by atoms with Gasteiger partial charge in [-0.25, -0.2) is 15.0 Å². The number of imidazole rings is 1. The number of nitrogens with zero attached hydrogens (tertiary/aromatic N) is 4. The van der Waals surface area contributed by atoms with Gasteiger partial charge in [0, 0.05) is 23.0 Å². The molecule has 0 unspecified atom stereocenters. The zero-order valence-corrected chi connectivity index (χ0v) is 19.8. The molecule has 5 aromatic rings. The molecule has 0 atom stereocenters. The number of fused-ring (bicyclic) bond motifs is 1.